The van der Waals surface area contributed by atoms with E-state index >= 15 is 0 Å². The number of nitrogens with zero attached hydrogens (tertiary/aromatic N) is 2. The Balaban J connectivity index is 1.51. The van der Waals surface area contributed by atoms with Crippen molar-refractivity contribution in [3.8, 4) is 11.5 Å². The van der Waals surface area contributed by atoms with Crippen LogP contribution in [0, 0.1) is 13.8 Å². The number of hydrogen-bond acceptors (Lipinski definition) is 6. The standard InChI is InChI=1S/C20H18N4O3/c1-12-3-5-15(13(2)9-12)23-19(25)16-7-8-21-20(24-16)22-14-4-6-17-18(10-14)27-11-26-17/h3-10H,11H2,1-2H3,(H,23,25)(H,21,22,24). The van der Waals surface area contributed by atoms with E-state index in [9.17, 15) is 4.79 Å². The van der Waals surface area contributed by atoms with E-state index in [1.165, 1.54) is 0 Å². The third kappa shape index (κ3) is 3.67. The lowest BCUT2D eigenvalue weighted by Gasteiger charge is -2.10. The van der Waals surface area contributed by atoms with Gasteiger partial charge in [-0.3, -0.25) is 4.79 Å². The van der Waals surface area contributed by atoms with Gasteiger partial charge in [0.2, 0.25) is 12.7 Å². The summed E-state index contributed by atoms with van der Waals surface area (Å²) in [6.45, 7) is 4.18. The van der Waals surface area contributed by atoms with Gasteiger partial charge in [0.25, 0.3) is 5.91 Å². The summed E-state index contributed by atoms with van der Waals surface area (Å²) < 4.78 is 10.7. The minimum absolute atomic E-state index is 0.212. The SMILES string of the molecule is Cc1ccc(NC(=O)c2ccnc(Nc3ccc4c(c3)OCO4)n2)c(C)c1. The van der Waals surface area contributed by atoms with E-state index in [0.717, 1.165) is 22.5 Å². The highest BCUT2D eigenvalue weighted by atomic mass is 16.7. The van der Waals surface area contributed by atoms with Crippen LogP contribution in [0.1, 0.15) is 21.6 Å². The van der Waals surface area contributed by atoms with Gasteiger partial charge < -0.3 is 20.1 Å². The molecule has 2 heterocycles. The van der Waals surface area contributed by atoms with E-state index in [0.29, 0.717) is 17.4 Å². The van der Waals surface area contributed by atoms with Gasteiger partial charge in [0.15, 0.2) is 11.5 Å². The first-order chi connectivity index (χ1) is 13.1. The minimum Gasteiger partial charge on any atom is -0.454 e. The fraction of sp³-hybridized carbons (Fsp3) is 0.150. The summed E-state index contributed by atoms with van der Waals surface area (Å²) in [6.07, 6.45) is 1.54. The van der Waals surface area contributed by atoms with Gasteiger partial charge in [-0.15, -0.1) is 0 Å². The highest BCUT2D eigenvalue weighted by molar-refractivity contribution is 6.03. The predicted octanol–water partition coefficient (Wildman–Crippen LogP) is 3.82. The molecule has 0 fully saturated rings. The summed E-state index contributed by atoms with van der Waals surface area (Å²) in [6, 6.07) is 12.9. The topological polar surface area (TPSA) is 85.4 Å². The number of hydrogen-bond donors (Lipinski definition) is 2. The maximum atomic E-state index is 12.5. The highest BCUT2D eigenvalue weighted by Crippen LogP contribution is 2.34. The minimum atomic E-state index is -0.293. The van der Waals surface area contributed by atoms with E-state index in [2.05, 4.69) is 20.6 Å². The van der Waals surface area contributed by atoms with Crippen molar-refractivity contribution in [1.82, 2.24) is 9.97 Å². The summed E-state index contributed by atoms with van der Waals surface area (Å²) in [7, 11) is 0. The molecule has 4 rings (SSSR count). The van der Waals surface area contributed by atoms with E-state index in [4.69, 9.17) is 9.47 Å². The number of rotatable bonds is 4. The average Bonchev–Trinajstić information content (AvgIpc) is 3.12. The number of aromatic nitrogens is 2. The number of ether oxygens (including phenoxy) is 2. The Labute approximate surface area is 156 Å². The Hall–Kier alpha value is -3.61. The number of nitrogens with one attached hydrogen (secondary N) is 2. The summed E-state index contributed by atoms with van der Waals surface area (Å²) in [5.74, 6) is 1.38. The normalized spacial score (nSPS) is 11.9. The van der Waals surface area contributed by atoms with Gasteiger partial charge in [0.1, 0.15) is 5.69 Å². The summed E-state index contributed by atoms with van der Waals surface area (Å²) >= 11 is 0. The van der Waals surface area contributed by atoms with Gasteiger partial charge in [-0.25, -0.2) is 9.97 Å². The number of benzene rings is 2. The molecule has 0 spiro atoms. The quantitative estimate of drug-likeness (QED) is 0.734. The number of carbonyl (C=O) groups is 1. The molecular weight excluding hydrogens is 344 g/mol. The molecule has 0 bridgehead atoms. The molecule has 2 aromatic carbocycles. The molecule has 27 heavy (non-hydrogen) atoms. The largest absolute Gasteiger partial charge is 0.454 e. The molecule has 0 radical (unpaired) electrons. The molecule has 7 nitrogen and oxygen atoms in total. The van der Waals surface area contributed by atoms with Crippen molar-refractivity contribution < 1.29 is 14.3 Å². The van der Waals surface area contributed by atoms with E-state index < -0.39 is 0 Å². The summed E-state index contributed by atoms with van der Waals surface area (Å²) in [4.78, 5) is 21.0. The van der Waals surface area contributed by atoms with E-state index in [1.807, 2.05) is 38.1 Å². The molecule has 7 heteroatoms. The first-order valence-corrected chi connectivity index (χ1v) is 8.47. The molecule has 2 N–H and O–H groups in total. The first-order valence-electron chi connectivity index (χ1n) is 8.47. The van der Waals surface area contributed by atoms with Crippen molar-refractivity contribution in [2.45, 2.75) is 13.8 Å². The lowest BCUT2D eigenvalue weighted by Crippen LogP contribution is -2.15. The second kappa shape index (κ2) is 6.95. The smallest absolute Gasteiger partial charge is 0.274 e. The van der Waals surface area contributed by atoms with Crippen LogP contribution >= 0.6 is 0 Å². The molecule has 1 amide bonds. The molecule has 136 valence electrons. The predicted molar refractivity (Wildman–Crippen MR) is 102 cm³/mol. The molecule has 1 aliphatic rings. The zero-order valence-electron chi connectivity index (χ0n) is 14.9. The number of carbonyl (C=O) groups excluding carboxylic acids is 1. The van der Waals surface area contributed by atoms with Crippen LogP contribution in [0.15, 0.2) is 48.7 Å². The molecule has 0 saturated carbocycles. The third-order valence-electron chi connectivity index (χ3n) is 4.15. The van der Waals surface area contributed by atoms with Crippen molar-refractivity contribution in [2.24, 2.45) is 0 Å². The maximum absolute atomic E-state index is 12.5. The molecule has 1 aromatic heterocycles. The number of amides is 1. The van der Waals surface area contributed by atoms with E-state index in [-0.39, 0.29) is 18.4 Å². The van der Waals surface area contributed by atoms with Crippen LogP contribution < -0.4 is 20.1 Å². The number of anilines is 3. The lowest BCUT2D eigenvalue weighted by molar-refractivity contribution is 0.102. The molecule has 3 aromatic rings. The Kier molecular flexibility index (Phi) is 4.33. The Morgan fingerprint density at radius 2 is 1.89 bits per heavy atom. The van der Waals surface area contributed by atoms with Crippen LogP contribution in [0.25, 0.3) is 0 Å². The van der Waals surface area contributed by atoms with Crippen molar-refractivity contribution >= 4 is 23.2 Å². The molecule has 0 unspecified atom stereocenters. The average molecular weight is 362 g/mol. The molecule has 1 aliphatic heterocycles. The molecule has 0 atom stereocenters. The molecule has 0 saturated heterocycles. The zero-order chi connectivity index (χ0) is 18.8. The van der Waals surface area contributed by atoms with Crippen molar-refractivity contribution in [1.29, 1.82) is 0 Å². The Morgan fingerprint density at radius 1 is 1.04 bits per heavy atom. The first kappa shape index (κ1) is 16.8. The fourth-order valence-electron chi connectivity index (χ4n) is 2.79. The van der Waals surface area contributed by atoms with Crippen LogP contribution in [-0.2, 0) is 0 Å². The van der Waals surface area contributed by atoms with Crippen molar-refractivity contribution in [3.05, 3.63) is 65.5 Å². The zero-order valence-corrected chi connectivity index (χ0v) is 14.9. The van der Waals surface area contributed by atoms with Gasteiger partial charge in [-0.05, 0) is 43.7 Å². The second-order valence-electron chi connectivity index (χ2n) is 6.23. The molecule has 0 aliphatic carbocycles. The van der Waals surface area contributed by atoms with Gasteiger partial charge in [0.05, 0.1) is 0 Å². The van der Waals surface area contributed by atoms with Crippen molar-refractivity contribution in [3.63, 3.8) is 0 Å². The van der Waals surface area contributed by atoms with Crippen LogP contribution in [0.4, 0.5) is 17.3 Å². The lowest BCUT2D eigenvalue weighted by atomic mass is 10.1. The van der Waals surface area contributed by atoms with Crippen molar-refractivity contribution in [2.75, 3.05) is 17.4 Å². The highest BCUT2D eigenvalue weighted by Gasteiger charge is 2.14. The van der Waals surface area contributed by atoms with Gasteiger partial charge in [0, 0.05) is 23.6 Å². The summed E-state index contributed by atoms with van der Waals surface area (Å²) in [5, 5.41) is 5.96. The van der Waals surface area contributed by atoms with Crippen LogP contribution in [0.3, 0.4) is 0 Å². The Morgan fingerprint density at radius 3 is 2.74 bits per heavy atom. The van der Waals surface area contributed by atoms with Crippen LogP contribution in [-0.4, -0.2) is 22.7 Å². The summed E-state index contributed by atoms with van der Waals surface area (Å²) in [5.41, 5.74) is 3.91. The van der Waals surface area contributed by atoms with Crippen LogP contribution in [0.2, 0.25) is 0 Å². The fourth-order valence-corrected chi connectivity index (χ4v) is 2.79. The Bertz CT molecular complexity index is 1020. The van der Waals surface area contributed by atoms with Gasteiger partial charge in [-0.1, -0.05) is 17.7 Å². The number of aryl methyl sites for hydroxylation is 2. The van der Waals surface area contributed by atoms with Gasteiger partial charge in [-0.2, -0.15) is 0 Å². The molecular formula is C20H18N4O3. The second-order valence-corrected chi connectivity index (χ2v) is 6.23. The number of fused-ring (bicyclic) bond motifs is 1. The monoisotopic (exact) mass is 362 g/mol. The van der Waals surface area contributed by atoms with Crippen LogP contribution in [0.5, 0.6) is 11.5 Å². The third-order valence-corrected chi connectivity index (χ3v) is 4.15. The van der Waals surface area contributed by atoms with E-state index in [1.54, 1.807) is 24.4 Å². The maximum Gasteiger partial charge on any atom is 0.274 e. The van der Waals surface area contributed by atoms with Gasteiger partial charge >= 0.3 is 0 Å².